The molecule has 3 rings (SSSR count). The standard InChI is InChI=1S/C21H32O9/c1-5-6-15(23)29-11-19(10-28-13(3)22)18(4,26)14-9-20(16(24)17(25)30-14)12(2)7-8-21(19,20)27/h12,14,16,24,26-27H,5-11H2,1-4H3/t12-,14-,16+,18+,19+,20+,21+/m1/s1. The SMILES string of the molecule is CCCC(=O)OC[C@]1(COC(C)=O)[C@@]2(O)CC[C@@H](C)[C@]23C[C@@H](OC(=O)[C@@H]3O)[C@]1(C)O. The predicted octanol–water partition coefficient (Wildman–Crippen LogP) is 0.468. The molecule has 170 valence electrons. The number of aliphatic hydroxyl groups excluding tert-OH is 1. The Morgan fingerprint density at radius 2 is 1.87 bits per heavy atom. The largest absolute Gasteiger partial charge is 0.465 e. The minimum absolute atomic E-state index is 0.0509. The molecule has 9 nitrogen and oxygen atoms in total. The summed E-state index contributed by atoms with van der Waals surface area (Å²) >= 11 is 0. The van der Waals surface area contributed by atoms with E-state index in [1.807, 2.05) is 13.8 Å². The van der Waals surface area contributed by atoms with Gasteiger partial charge in [0, 0.05) is 18.8 Å². The Bertz CT molecular complexity index is 734. The second-order valence-corrected chi connectivity index (χ2v) is 9.29. The number of carbonyl (C=O) groups excluding carboxylic acids is 3. The molecule has 0 amide bonds. The molecule has 2 saturated carbocycles. The van der Waals surface area contributed by atoms with Gasteiger partial charge in [-0.3, -0.25) is 9.59 Å². The van der Waals surface area contributed by atoms with Gasteiger partial charge < -0.3 is 29.5 Å². The first-order valence-corrected chi connectivity index (χ1v) is 10.5. The molecule has 0 aromatic rings. The second kappa shape index (κ2) is 7.46. The molecule has 0 radical (unpaired) electrons. The van der Waals surface area contributed by atoms with E-state index in [1.54, 1.807) is 0 Å². The lowest BCUT2D eigenvalue weighted by Gasteiger charge is -2.67. The molecule has 2 aliphatic carbocycles. The Morgan fingerprint density at radius 1 is 1.23 bits per heavy atom. The average Bonchev–Trinajstić information content (AvgIpc) is 2.92. The highest BCUT2D eigenvalue weighted by atomic mass is 16.6. The fraction of sp³-hybridized carbons (Fsp3) is 0.857. The number of ether oxygens (including phenoxy) is 3. The van der Waals surface area contributed by atoms with E-state index in [2.05, 4.69) is 0 Å². The maximum absolute atomic E-state index is 12.5. The normalized spacial score (nSPS) is 44.8. The summed E-state index contributed by atoms with van der Waals surface area (Å²) in [5, 5.41) is 34.7. The summed E-state index contributed by atoms with van der Waals surface area (Å²) in [7, 11) is 0. The van der Waals surface area contributed by atoms with Gasteiger partial charge in [-0.05, 0) is 38.5 Å². The molecule has 1 saturated heterocycles. The molecule has 0 aromatic carbocycles. The summed E-state index contributed by atoms with van der Waals surface area (Å²) in [6, 6.07) is 0. The van der Waals surface area contributed by atoms with Crippen LogP contribution in [0.15, 0.2) is 0 Å². The fourth-order valence-electron chi connectivity index (χ4n) is 6.07. The number of hydrogen-bond donors (Lipinski definition) is 3. The molecule has 3 fully saturated rings. The van der Waals surface area contributed by atoms with Gasteiger partial charge in [-0.2, -0.15) is 0 Å². The number of hydrogen-bond acceptors (Lipinski definition) is 9. The van der Waals surface area contributed by atoms with Crippen LogP contribution >= 0.6 is 0 Å². The molecule has 2 bridgehead atoms. The topological polar surface area (TPSA) is 140 Å². The predicted molar refractivity (Wildman–Crippen MR) is 102 cm³/mol. The highest BCUT2D eigenvalue weighted by Crippen LogP contribution is 2.70. The highest BCUT2D eigenvalue weighted by Gasteiger charge is 2.82. The molecular weight excluding hydrogens is 396 g/mol. The lowest BCUT2D eigenvalue weighted by Crippen LogP contribution is -2.82. The molecule has 1 aliphatic heterocycles. The third kappa shape index (κ3) is 2.81. The van der Waals surface area contributed by atoms with Gasteiger partial charge in [0.2, 0.25) is 0 Å². The number of fused-ring (bicyclic) bond motifs is 1. The number of aliphatic hydroxyl groups is 3. The van der Waals surface area contributed by atoms with Crippen LogP contribution in [-0.2, 0) is 28.6 Å². The fourth-order valence-corrected chi connectivity index (χ4v) is 6.07. The van der Waals surface area contributed by atoms with E-state index in [0.717, 1.165) is 0 Å². The van der Waals surface area contributed by atoms with Crippen molar-refractivity contribution < 1.29 is 43.9 Å². The second-order valence-electron chi connectivity index (χ2n) is 9.29. The zero-order valence-electron chi connectivity index (χ0n) is 18.0. The molecule has 30 heavy (non-hydrogen) atoms. The third-order valence-corrected chi connectivity index (χ3v) is 7.92. The van der Waals surface area contributed by atoms with E-state index >= 15 is 0 Å². The van der Waals surface area contributed by atoms with Crippen LogP contribution < -0.4 is 0 Å². The van der Waals surface area contributed by atoms with Crippen molar-refractivity contribution in [1.82, 2.24) is 0 Å². The van der Waals surface area contributed by atoms with Crippen molar-refractivity contribution in [3.05, 3.63) is 0 Å². The zero-order chi connectivity index (χ0) is 22.5. The summed E-state index contributed by atoms with van der Waals surface area (Å²) < 4.78 is 16.1. The van der Waals surface area contributed by atoms with Crippen LogP contribution in [0.4, 0.5) is 0 Å². The highest BCUT2D eigenvalue weighted by molar-refractivity contribution is 5.78. The monoisotopic (exact) mass is 428 g/mol. The number of rotatable bonds is 6. The van der Waals surface area contributed by atoms with Crippen LogP contribution in [0.3, 0.4) is 0 Å². The smallest absolute Gasteiger partial charge is 0.336 e. The summed E-state index contributed by atoms with van der Waals surface area (Å²) in [5.74, 6) is -2.34. The van der Waals surface area contributed by atoms with Crippen LogP contribution in [-0.4, -0.2) is 69.9 Å². The summed E-state index contributed by atoms with van der Waals surface area (Å²) in [6.45, 7) is 5.33. The molecule has 7 atom stereocenters. The summed E-state index contributed by atoms with van der Waals surface area (Å²) in [5.41, 5.74) is -6.77. The molecule has 1 spiro atoms. The van der Waals surface area contributed by atoms with Crippen molar-refractivity contribution in [3.63, 3.8) is 0 Å². The molecule has 0 unspecified atom stereocenters. The van der Waals surface area contributed by atoms with Crippen LogP contribution in [0, 0.1) is 16.7 Å². The van der Waals surface area contributed by atoms with Crippen LogP contribution in [0.5, 0.6) is 0 Å². The van der Waals surface area contributed by atoms with Crippen molar-refractivity contribution >= 4 is 17.9 Å². The van der Waals surface area contributed by atoms with Crippen molar-refractivity contribution in [1.29, 1.82) is 0 Å². The average molecular weight is 428 g/mol. The van der Waals surface area contributed by atoms with Gasteiger partial charge in [-0.15, -0.1) is 0 Å². The molecule has 0 aromatic heterocycles. The van der Waals surface area contributed by atoms with E-state index < -0.39 is 65.4 Å². The maximum Gasteiger partial charge on any atom is 0.336 e. The summed E-state index contributed by atoms with van der Waals surface area (Å²) in [4.78, 5) is 36.3. The summed E-state index contributed by atoms with van der Waals surface area (Å²) in [6.07, 6.45) is -1.34. The Kier molecular flexibility index (Phi) is 5.71. The van der Waals surface area contributed by atoms with Gasteiger partial charge in [-0.1, -0.05) is 13.8 Å². The van der Waals surface area contributed by atoms with Crippen molar-refractivity contribution in [2.24, 2.45) is 16.7 Å². The van der Waals surface area contributed by atoms with Gasteiger partial charge in [0.25, 0.3) is 0 Å². The van der Waals surface area contributed by atoms with Gasteiger partial charge in [0.1, 0.15) is 24.9 Å². The molecule has 9 heteroatoms. The van der Waals surface area contributed by atoms with E-state index in [1.165, 1.54) is 13.8 Å². The van der Waals surface area contributed by atoms with Crippen molar-refractivity contribution in [2.75, 3.05) is 13.2 Å². The Morgan fingerprint density at radius 3 is 2.47 bits per heavy atom. The lowest BCUT2D eigenvalue weighted by atomic mass is 9.43. The molecule has 3 N–H and O–H groups in total. The van der Waals surface area contributed by atoms with E-state index in [0.29, 0.717) is 12.8 Å². The van der Waals surface area contributed by atoms with E-state index in [9.17, 15) is 29.7 Å². The Hall–Kier alpha value is -1.71. The zero-order valence-corrected chi connectivity index (χ0v) is 18.0. The minimum Gasteiger partial charge on any atom is -0.465 e. The molecule has 3 aliphatic rings. The van der Waals surface area contributed by atoms with Crippen LogP contribution in [0.25, 0.3) is 0 Å². The van der Waals surface area contributed by atoms with Crippen LogP contribution in [0.2, 0.25) is 0 Å². The Labute approximate surface area is 175 Å². The minimum atomic E-state index is -1.90. The van der Waals surface area contributed by atoms with Gasteiger partial charge >= 0.3 is 17.9 Å². The van der Waals surface area contributed by atoms with Crippen molar-refractivity contribution in [3.8, 4) is 0 Å². The first-order valence-electron chi connectivity index (χ1n) is 10.5. The first kappa shape index (κ1) is 23.0. The molecule has 1 heterocycles. The molecular formula is C21H32O9. The van der Waals surface area contributed by atoms with Gasteiger partial charge in [0.05, 0.1) is 11.0 Å². The maximum atomic E-state index is 12.5. The number of carbonyl (C=O) groups is 3. The van der Waals surface area contributed by atoms with E-state index in [-0.39, 0.29) is 25.2 Å². The quantitative estimate of drug-likeness (QED) is 0.407. The van der Waals surface area contributed by atoms with Crippen molar-refractivity contribution in [2.45, 2.75) is 83.2 Å². The third-order valence-electron chi connectivity index (χ3n) is 7.92. The van der Waals surface area contributed by atoms with Crippen LogP contribution in [0.1, 0.15) is 59.8 Å². The lowest BCUT2D eigenvalue weighted by molar-refractivity contribution is -0.352. The van der Waals surface area contributed by atoms with Gasteiger partial charge in [-0.25, -0.2) is 4.79 Å². The Balaban J connectivity index is 2.18. The first-order chi connectivity index (χ1) is 13.9. The number of esters is 3. The van der Waals surface area contributed by atoms with E-state index in [4.69, 9.17) is 14.2 Å². The van der Waals surface area contributed by atoms with Gasteiger partial charge in [0.15, 0.2) is 6.10 Å².